The lowest BCUT2D eigenvalue weighted by Gasteiger charge is -2.03. The third-order valence-electron chi connectivity index (χ3n) is 3.60. The largest absolute Gasteiger partial charge is 0.494 e. The molecular weight excluding hydrogens is 342 g/mol. The molecule has 1 aromatic heterocycles. The van der Waals surface area contributed by atoms with Crippen LogP contribution in [0.3, 0.4) is 0 Å². The number of nitrogen functional groups attached to an aromatic ring is 1. The molecule has 112 valence electrons. The number of aliphatic imine (C=N–C) groups is 1. The molecule has 0 aliphatic carbocycles. The van der Waals surface area contributed by atoms with Crippen LogP contribution in [-0.2, 0) is 0 Å². The third-order valence-corrected chi connectivity index (χ3v) is 4.49. The number of aromatic amines is 1. The molecule has 0 bridgehead atoms. The van der Waals surface area contributed by atoms with Crippen molar-refractivity contribution < 1.29 is 5.11 Å². The first kappa shape index (κ1) is 14.7. The summed E-state index contributed by atoms with van der Waals surface area (Å²) in [5.41, 5.74) is 10.7. The van der Waals surface area contributed by atoms with Crippen LogP contribution >= 0.6 is 15.9 Å². The highest BCUT2D eigenvalue weighted by Gasteiger charge is 2.14. The van der Waals surface area contributed by atoms with Gasteiger partial charge in [-0.3, -0.25) is 4.99 Å². The van der Waals surface area contributed by atoms with E-state index in [1.807, 2.05) is 44.2 Å². The summed E-state index contributed by atoms with van der Waals surface area (Å²) in [5.74, 6) is 0.107. The van der Waals surface area contributed by atoms with Gasteiger partial charge in [0.05, 0.1) is 17.0 Å². The molecule has 0 fully saturated rings. The van der Waals surface area contributed by atoms with Gasteiger partial charge >= 0.3 is 0 Å². The Hall–Kier alpha value is -2.27. The van der Waals surface area contributed by atoms with Crippen molar-refractivity contribution in [3.8, 4) is 5.88 Å². The molecular formula is C17H16BrN3O. The molecule has 3 rings (SSSR count). The van der Waals surface area contributed by atoms with Crippen molar-refractivity contribution in [1.82, 2.24) is 4.98 Å². The van der Waals surface area contributed by atoms with Gasteiger partial charge in [0.2, 0.25) is 0 Å². The predicted octanol–water partition coefficient (Wildman–Crippen LogP) is 4.67. The van der Waals surface area contributed by atoms with Gasteiger partial charge in [-0.25, -0.2) is 0 Å². The van der Waals surface area contributed by atoms with Crippen molar-refractivity contribution in [1.29, 1.82) is 0 Å². The van der Waals surface area contributed by atoms with Crippen LogP contribution in [0.2, 0.25) is 0 Å². The van der Waals surface area contributed by atoms with Crippen molar-refractivity contribution in [2.24, 2.45) is 4.99 Å². The summed E-state index contributed by atoms with van der Waals surface area (Å²) in [6, 6.07) is 11.4. The SMILES string of the molecule is CC(=Nc1ccc(Br)c(C)c1)c1c(O)[nH]c2ccc(N)cc12. The molecule has 22 heavy (non-hydrogen) atoms. The molecule has 0 spiro atoms. The Morgan fingerprint density at radius 1 is 1.23 bits per heavy atom. The Kier molecular flexibility index (Phi) is 3.66. The van der Waals surface area contributed by atoms with E-state index in [2.05, 4.69) is 25.9 Å². The number of aromatic nitrogens is 1. The zero-order valence-electron chi connectivity index (χ0n) is 12.3. The van der Waals surface area contributed by atoms with E-state index in [0.29, 0.717) is 11.3 Å². The maximum Gasteiger partial charge on any atom is 0.198 e. The summed E-state index contributed by atoms with van der Waals surface area (Å²) in [6.07, 6.45) is 0. The number of aromatic hydroxyl groups is 1. The normalized spacial score (nSPS) is 12.0. The van der Waals surface area contributed by atoms with E-state index >= 15 is 0 Å². The first-order chi connectivity index (χ1) is 10.5. The number of H-pyrrole nitrogens is 1. The highest BCUT2D eigenvalue weighted by Crippen LogP contribution is 2.31. The van der Waals surface area contributed by atoms with Crippen LogP contribution in [0.4, 0.5) is 11.4 Å². The van der Waals surface area contributed by atoms with Gasteiger partial charge in [-0.05, 0) is 55.8 Å². The molecule has 2 aromatic carbocycles. The Balaban J connectivity index is 2.13. The van der Waals surface area contributed by atoms with Gasteiger partial charge in [-0.2, -0.15) is 0 Å². The zero-order valence-corrected chi connectivity index (χ0v) is 13.9. The van der Waals surface area contributed by atoms with Crippen molar-refractivity contribution in [3.63, 3.8) is 0 Å². The summed E-state index contributed by atoms with van der Waals surface area (Å²) >= 11 is 3.48. The molecule has 0 unspecified atom stereocenters. The van der Waals surface area contributed by atoms with E-state index in [-0.39, 0.29) is 5.88 Å². The quantitative estimate of drug-likeness (QED) is 0.460. The van der Waals surface area contributed by atoms with E-state index in [1.54, 1.807) is 6.07 Å². The molecule has 1 heterocycles. The molecule has 0 saturated heterocycles. The highest BCUT2D eigenvalue weighted by molar-refractivity contribution is 9.10. The number of benzene rings is 2. The van der Waals surface area contributed by atoms with Crippen molar-refractivity contribution in [2.75, 3.05) is 5.73 Å². The fourth-order valence-corrected chi connectivity index (χ4v) is 2.76. The van der Waals surface area contributed by atoms with Crippen LogP contribution in [0, 0.1) is 6.92 Å². The Morgan fingerprint density at radius 3 is 2.73 bits per heavy atom. The second-order valence-corrected chi connectivity index (χ2v) is 6.14. The molecule has 0 atom stereocenters. The van der Waals surface area contributed by atoms with Gasteiger partial charge in [0, 0.05) is 21.1 Å². The number of hydrogen-bond donors (Lipinski definition) is 3. The van der Waals surface area contributed by atoms with Crippen LogP contribution in [0.5, 0.6) is 5.88 Å². The maximum absolute atomic E-state index is 10.2. The standard InChI is InChI=1S/C17H16BrN3O/c1-9-7-12(4-5-14(9)18)20-10(2)16-13-8-11(19)3-6-15(13)21-17(16)22/h3-8,21-22H,19H2,1-2H3. The van der Waals surface area contributed by atoms with Crippen LogP contribution in [0.25, 0.3) is 10.9 Å². The molecule has 4 N–H and O–H groups in total. The highest BCUT2D eigenvalue weighted by atomic mass is 79.9. The number of rotatable bonds is 2. The fraction of sp³-hybridized carbons (Fsp3) is 0.118. The summed E-state index contributed by atoms with van der Waals surface area (Å²) in [6.45, 7) is 3.89. The third kappa shape index (κ3) is 2.60. The summed E-state index contributed by atoms with van der Waals surface area (Å²) in [5, 5.41) is 11.1. The van der Waals surface area contributed by atoms with E-state index < -0.39 is 0 Å². The number of halogens is 1. The lowest BCUT2D eigenvalue weighted by molar-refractivity contribution is 0.457. The fourth-order valence-electron chi connectivity index (χ4n) is 2.51. The van der Waals surface area contributed by atoms with Crippen molar-refractivity contribution in [3.05, 3.63) is 52.0 Å². The lowest BCUT2D eigenvalue weighted by atomic mass is 10.1. The number of fused-ring (bicyclic) bond motifs is 1. The van der Waals surface area contributed by atoms with Gasteiger partial charge in [0.15, 0.2) is 5.88 Å². The maximum atomic E-state index is 10.2. The summed E-state index contributed by atoms with van der Waals surface area (Å²) in [4.78, 5) is 7.57. The average Bonchev–Trinajstić information content (AvgIpc) is 2.78. The van der Waals surface area contributed by atoms with Gasteiger partial charge in [0.1, 0.15) is 0 Å². The number of aryl methyl sites for hydroxylation is 1. The topological polar surface area (TPSA) is 74.4 Å². The molecule has 0 aliphatic rings. The van der Waals surface area contributed by atoms with Crippen LogP contribution in [0.1, 0.15) is 18.1 Å². The minimum Gasteiger partial charge on any atom is -0.494 e. The van der Waals surface area contributed by atoms with E-state index in [1.165, 1.54) is 0 Å². The number of hydrogen-bond acceptors (Lipinski definition) is 3. The van der Waals surface area contributed by atoms with E-state index in [0.717, 1.165) is 32.3 Å². The molecule has 0 radical (unpaired) electrons. The first-order valence-electron chi connectivity index (χ1n) is 6.87. The second kappa shape index (κ2) is 5.50. The van der Waals surface area contributed by atoms with E-state index in [9.17, 15) is 5.11 Å². The Morgan fingerprint density at radius 2 is 2.00 bits per heavy atom. The van der Waals surface area contributed by atoms with Crippen LogP contribution in [-0.4, -0.2) is 15.8 Å². The van der Waals surface area contributed by atoms with E-state index in [4.69, 9.17) is 5.73 Å². The summed E-state index contributed by atoms with van der Waals surface area (Å²) in [7, 11) is 0. The molecule has 3 aromatic rings. The van der Waals surface area contributed by atoms with Crippen molar-refractivity contribution >= 4 is 43.9 Å². The lowest BCUT2D eigenvalue weighted by Crippen LogP contribution is -1.94. The Labute approximate surface area is 136 Å². The zero-order chi connectivity index (χ0) is 15.9. The van der Waals surface area contributed by atoms with Gasteiger partial charge in [-0.1, -0.05) is 15.9 Å². The van der Waals surface area contributed by atoms with Crippen molar-refractivity contribution in [2.45, 2.75) is 13.8 Å². The number of nitrogens with two attached hydrogens (primary N) is 1. The van der Waals surface area contributed by atoms with Gasteiger partial charge in [0.25, 0.3) is 0 Å². The first-order valence-corrected chi connectivity index (χ1v) is 7.67. The van der Waals surface area contributed by atoms with Gasteiger partial charge in [-0.15, -0.1) is 0 Å². The Bertz CT molecular complexity index is 896. The predicted molar refractivity (Wildman–Crippen MR) is 95.1 cm³/mol. The molecule has 0 aliphatic heterocycles. The smallest absolute Gasteiger partial charge is 0.198 e. The molecule has 0 amide bonds. The average molecular weight is 358 g/mol. The molecule has 0 saturated carbocycles. The van der Waals surface area contributed by atoms with Crippen LogP contribution < -0.4 is 5.73 Å². The number of nitrogens with zero attached hydrogens (tertiary/aromatic N) is 1. The van der Waals surface area contributed by atoms with Crippen LogP contribution in [0.15, 0.2) is 45.9 Å². The monoisotopic (exact) mass is 357 g/mol. The minimum absolute atomic E-state index is 0.107. The molecule has 5 heteroatoms. The summed E-state index contributed by atoms with van der Waals surface area (Å²) < 4.78 is 1.05. The second-order valence-electron chi connectivity index (χ2n) is 5.28. The number of nitrogens with one attached hydrogen (secondary N) is 1. The number of anilines is 1. The van der Waals surface area contributed by atoms with Gasteiger partial charge < -0.3 is 15.8 Å². The minimum atomic E-state index is 0.107. The molecule has 4 nitrogen and oxygen atoms in total.